The van der Waals surface area contributed by atoms with E-state index in [1.165, 1.54) is 5.56 Å². The maximum atomic E-state index is 6.56. The smallest absolute Gasteiger partial charge is 0.198 e. The molecule has 0 fully saturated rings. The molecule has 0 saturated heterocycles. The van der Waals surface area contributed by atoms with Crippen molar-refractivity contribution in [2.45, 2.75) is 0 Å². The van der Waals surface area contributed by atoms with Gasteiger partial charge in [0.1, 0.15) is 0 Å². The quantitative estimate of drug-likeness (QED) is 0.168. The van der Waals surface area contributed by atoms with Crippen LogP contribution in [0.15, 0.2) is 212 Å². The summed E-state index contributed by atoms with van der Waals surface area (Å²) >= 11 is 0. The van der Waals surface area contributed by atoms with Gasteiger partial charge < -0.3 is 29.2 Å². The van der Waals surface area contributed by atoms with Crippen LogP contribution in [0.1, 0.15) is 0 Å². The van der Waals surface area contributed by atoms with E-state index in [2.05, 4.69) is 169 Å². The predicted molar refractivity (Wildman–Crippen MR) is 263 cm³/mol. The molecule has 6 nitrogen and oxygen atoms in total. The lowest BCUT2D eigenvalue weighted by atomic mass is 9.57. The van der Waals surface area contributed by atoms with E-state index in [4.69, 9.17) is 18.9 Å². The van der Waals surface area contributed by atoms with Gasteiger partial charge in [0.2, 0.25) is 0 Å². The minimum atomic E-state index is 0.629. The van der Waals surface area contributed by atoms with Crippen molar-refractivity contribution in [3.05, 3.63) is 212 Å². The molecule has 13 rings (SSSR count). The van der Waals surface area contributed by atoms with Gasteiger partial charge in [-0.05, 0) is 105 Å². The number of hydrogen-bond donors (Lipinski definition) is 1. The summed E-state index contributed by atoms with van der Waals surface area (Å²) in [6.07, 6.45) is 0. The second-order valence-electron chi connectivity index (χ2n) is 16.4. The Balaban J connectivity index is 1.03. The third-order valence-electron chi connectivity index (χ3n) is 12.4. The Bertz CT molecular complexity index is 3500. The summed E-state index contributed by atoms with van der Waals surface area (Å²) in [5.74, 6) is 5.26. The number of nitrogens with zero attached hydrogens (tertiary/aromatic N) is 1. The van der Waals surface area contributed by atoms with Crippen LogP contribution in [-0.4, -0.2) is 7.28 Å². The topological polar surface area (TPSA) is 52.2 Å². The second kappa shape index (κ2) is 15.0. The molecule has 7 heteroatoms. The highest BCUT2D eigenvalue weighted by molar-refractivity contribution is 6.73. The number of benzene rings is 10. The number of anilines is 5. The van der Waals surface area contributed by atoms with Crippen LogP contribution in [-0.2, 0) is 0 Å². The number of rotatable bonds is 6. The van der Waals surface area contributed by atoms with Crippen LogP contribution in [0.5, 0.6) is 46.0 Å². The maximum absolute atomic E-state index is 6.56. The Kier molecular flexibility index (Phi) is 8.52. The molecular weight excluding hydrogens is 799 g/mol. The molecule has 65 heavy (non-hydrogen) atoms. The van der Waals surface area contributed by atoms with Gasteiger partial charge in [-0.15, -0.1) is 0 Å². The van der Waals surface area contributed by atoms with E-state index in [0.717, 1.165) is 78.0 Å². The molecule has 10 aromatic carbocycles. The summed E-state index contributed by atoms with van der Waals surface area (Å²) in [6, 6.07) is 73.3. The van der Waals surface area contributed by atoms with Crippen molar-refractivity contribution in [3.63, 3.8) is 0 Å². The van der Waals surface area contributed by atoms with E-state index in [-0.39, 0.29) is 0 Å². The van der Waals surface area contributed by atoms with Crippen LogP contribution in [0.2, 0.25) is 0 Å². The molecule has 1 N–H and O–H groups in total. The Morgan fingerprint density at radius 1 is 0.369 bits per heavy atom. The van der Waals surface area contributed by atoms with E-state index in [9.17, 15) is 0 Å². The minimum Gasteiger partial charge on any atom is -0.450 e. The first-order valence-corrected chi connectivity index (χ1v) is 21.7. The predicted octanol–water partition coefficient (Wildman–Crippen LogP) is 14.8. The summed E-state index contributed by atoms with van der Waals surface area (Å²) in [5, 5.41) is 6.18. The molecule has 0 spiro atoms. The largest absolute Gasteiger partial charge is 0.450 e. The van der Waals surface area contributed by atoms with E-state index in [1.54, 1.807) is 0 Å². The standard InChI is InChI=1S/C58H36BN2O4/c1-3-13-36(14-4-1)38-23-26-41(27-24-38)60-58-43-18-8-7-17-39(43)25-29-44(58)45-31-40(37-15-5-2-6-16-37)32-48-57(45)59-46-34-55-56(65-52-22-12-11-21-51(52)64-55)35-47(46)61(48)42-28-30-53-54(33-42)63-50-20-10-9-19-49(50)62-53/h1-35,60H. The lowest BCUT2D eigenvalue weighted by molar-refractivity contribution is 0.359. The summed E-state index contributed by atoms with van der Waals surface area (Å²) in [6.45, 7) is 0. The molecule has 0 aliphatic carbocycles. The molecule has 3 heterocycles. The van der Waals surface area contributed by atoms with Gasteiger partial charge in [0.25, 0.3) is 0 Å². The normalized spacial score (nSPS) is 12.6. The molecule has 10 aromatic rings. The molecule has 0 atom stereocenters. The lowest BCUT2D eigenvalue weighted by Crippen LogP contribution is -2.41. The van der Waals surface area contributed by atoms with Gasteiger partial charge in [-0.25, -0.2) is 0 Å². The maximum Gasteiger partial charge on any atom is 0.198 e. The summed E-state index contributed by atoms with van der Waals surface area (Å²) in [7, 11) is 2.29. The molecule has 0 aromatic heterocycles. The van der Waals surface area contributed by atoms with Crippen LogP contribution in [0.3, 0.4) is 0 Å². The first kappa shape index (κ1) is 36.9. The summed E-state index contributed by atoms with van der Waals surface area (Å²) in [5.41, 5.74) is 13.5. The fourth-order valence-electron chi connectivity index (χ4n) is 9.25. The number of para-hydroxylation sites is 4. The fourth-order valence-corrected chi connectivity index (χ4v) is 9.25. The first-order chi connectivity index (χ1) is 32.2. The number of ether oxygens (including phenoxy) is 4. The lowest BCUT2D eigenvalue weighted by Gasteiger charge is -2.37. The monoisotopic (exact) mass is 835 g/mol. The Hall–Kier alpha value is -8.68. The molecule has 0 saturated carbocycles. The van der Waals surface area contributed by atoms with Crippen molar-refractivity contribution in [3.8, 4) is 79.4 Å². The van der Waals surface area contributed by atoms with Crippen molar-refractivity contribution >= 4 is 57.4 Å². The molecular formula is C58H36BN2O4. The highest BCUT2D eigenvalue weighted by Crippen LogP contribution is 2.52. The van der Waals surface area contributed by atoms with Crippen molar-refractivity contribution in [2.24, 2.45) is 0 Å². The highest BCUT2D eigenvalue weighted by atomic mass is 16.6. The summed E-state index contributed by atoms with van der Waals surface area (Å²) < 4.78 is 26.0. The highest BCUT2D eigenvalue weighted by Gasteiger charge is 2.33. The number of nitrogens with one attached hydrogen (secondary N) is 1. The fraction of sp³-hybridized carbons (Fsp3) is 0. The van der Waals surface area contributed by atoms with Crippen molar-refractivity contribution in [2.75, 3.05) is 10.2 Å². The van der Waals surface area contributed by atoms with Crippen LogP contribution in [0, 0.1) is 0 Å². The SMILES string of the molecule is [B]1c2cc3c(cc2N(c2ccc4c(c2)Oc2ccccc2O4)c2cc(-c4ccccc4)cc(-c4ccc5ccccc5c4Nc4ccc(-c5ccccc5)cc4)c21)Oc1ccccc1O3. The molecule has 0 bridgehead atoms. The Morgan fingerprint density at radius 2 is 0.923 bits per heavy atom. The van der Waals surface area contributed by atoms with Crippen molar-refractivity contribution in [1.82, 2.24) is 0 Å². The average Bonchev–Trinajstić information content (AvgIpc) is 3.36. The van der Waals surface area contributed by atoms with Crippen molar-refractivity contribution < 1.29 is 18.9 Å². The first-order valence-electron chi connectivity index (χ1n) is 21.7. The zero-order valence-electron chi connectivity index (χ0n) is 34.9. The molecule has 3 aliphatic rings. The zero-order chi connectivity index (χ0) is 42.8. The third-order valence-corrected chi connectivity index (χ3v) is 12.4. The van der Waals surface area contributed by atoms with Crippen molar-refractivity contribution in [1.29, 1.82) is 0 Å². The van der Waals surface area contributed by atoms with Gasteiger partial charge in [-0.3, -0.25) is 0 Å². The Morgan fingerprint density at radius 3 is 1.62 bits per heavy atom. The molecule has 3 aliphatic heterocycles. The summed E-state index contributed by atoms with van der Waals surface area (Å²) in [4.78, 5) is 2.31. The van der Waals surface area contributed by atoms with E-state index in [1.807, 2.05) is 60.7 Å². The zero-order valence-corrected chi connectivity index (χ0v) is 34.9. The van der Waals surface area contributed by atoms with E-state index < -0.39 is 0 Å². The second-order valence-corrected chi connectivity index (χ2v) is 16.4. The van der Waals surface area contributed by atoms with Gasteiger partial charge in [-0.2, -0.15) is 0 Å². The minimum absolute atomic E-state index is 0.629. The molecule has 1 radical (unpaired) electrons. The third kappa shape index (κ3) is 6.44. The van der Waals surface area contributed by atoms with Gasteiger partial charge >= 0.3 is 0 Å². The van der Waals surface area contributed by atoms with Gasteiger partial charge in [0.05, 0.1) is 11.4 Å². The van der Waals surface area contributed by atoms with Crippen LogP contribution in [0.4, 0.5) is 28.4 Å². The number of hydrogen-bond acceptors (Lipinski definition) is 6. The average molecular weight is 836 g/mol. The Labute approximate surface area is 376 Å². The molecule has 0 amide bonds. The van der Waals surface area contributed by atoms with Gasteiger partial charge in [0, 0.05) is 40.1 Å². The van der Waals surface area contributed by atoms with E-state index in [0.29, 0.717) is 46.0 Å². The molecule has 305 valence electrons. The van der Waals surface area contributed by atoms with Gasteiger partial charge in [-0.1, -0.05) is 139 Å². The molecule has 0 unspecified atom stereocenters. The van der Waals surface area contributed by atoms with Crippen LogP contribution >= 0.6 is 0 Å². The van der Waals surface area contributed by atoms with E-state index >= 15 is 0 Å². The van der Waals surface area contributed by atoms with Crippen LogP contribution < -0.4 is 40.1 Å². The van der Waals surface area contributed by atoms with Gasteiger partial charge in [0.15, 0.2) is 53.3 Å². The van der Waals surface area contributed by atoms with Crippen LogP contribution in [0.25, 0.3) is 44.2 Å². The number of fused-ring (bicyclic) bond motifs is 7.